The molecule has 7 heteroatoms. The predicted molar refractivity (Wildman–Crippen MR) is 120 cm³/mol. The Kier molecular flexibility index (Phi) is 5.57. The van der Waals surface area contributed by atoms with Gasteiger partial charge in [-0.15, -0.1) is 0 Å². The second-order valence-electron chi connectivity index (χ2n) is 6.96. The van der Waals surface area contributed by atoms with Crippen LogP contribution in [0.4, 0.5) is 0 Å². The number of aromatic nitrogens is 2. The number of rotatable bonds is 5. The van der Waals surface area contributed by atoms with Gasteiger partial charge in [0.25, 0.3) is 11.5 Å². The lowest BCUT2D eigenvalue weighted by Gasteiger charge is -2.18. The largest absolute Gasteiger partial charge is 0.507 e. The maximum absolute atomic E-state index is 13.3. The summed E-state index contributed by atoms with van der Waals surface area (Å²) in [4.78, 5) is 30.8. The van der Waals surface area contributed by atoms with Crippen LogP contribution in [0, 0.1) is 0 Å². The number of hydrogen-bond acceptors (Lipinski definition) is 5. The van der Waals surface area contributed by atoms with Crippen molar-refractivity contribution in [1.29, 1.82) is 0 Å². The van der Waals surface area contributed by atoms with Crippen molar-refractivity contribution in [2.24, 2.45) is 5.10 Å². The van der Waals surface area contributed by atoms with Crippen LogP contribution in [0.15, 0.2) is 88.8 Å². The number of hydrogen-bond donors (Lipinski definition) is 2. The van der Waals surface area contributed by atoms with Gasteiger partial charge in [0.15, 0.2) is 0 Å². The molecule has 0 aliphatic rings. The summed E-state index contributed by atoms with van der Waals surface area (Å²) >= 11 is 0. The molecule has 0 aliphatic carbocycles. The van der Waals surface area contributed by atoms with Gasteiger partial charge >= 0.3 is 0 Å². The Morgan fingerprint density at radius 3 is 2.48 bits per heavy atom. The van der Waals surface area contributed by atoms with Gasteiger partial charge in [-0.2, -0.15) is 5.10 Å². The third-order valence-corrected chi connectivity index (χ3v) is 4.92. The normalized spacial score (nSPS) is 12.2. The van der Waals surface area contributed by atoms with E-state index in [0.717, 1.165) is 5.56 Å². The number of phenolic OH excluding ortho intramolecular Hbond substituents is 1. The van der Waals surface area contributed by atoms with Crippen LogP contribution in [0.25, 0.3) is 22.3 Å². The average molecular weight is 412 g/mol. The van der Waals surface area contributed by atoms with Gasteiger partial charge in [0.05, 0.1) is 17.1 Å². The molecule has 0 radical (unpaired) electrons. The molecule has 0 saturated heterocycles. The number of nitrogens with one attached hydrogen (secondary N) is 1. The van der Waals surface area contributed by atoms with Gasteiger partial charge in [0, 0.05) is 11.1 Å². The minimum atomic E-state index is -0.874. The molecule has 0 bridgehead atoms. The number of phenols is 1. The minimum Gasteiger partial charge on any atom is -0.507 e. The quantitative estimate of drug-likeness (QED) is 0.387. The molecule has 154 valence electrons. The molecule has 4 rings (SSSR count). The van der Waals surface area contributed by atoms with Crippen molar-refractivity contribution in [2.75, 3.05) is 0 Å². The zero-order valence-corrected chi connectivity index (χ0v) is 16.8. The molecule has 0 saturated carbocycles. The molecule has 0 fully saturated rings. The second kappa shape index (κ2) is 8.62. The van der Waals surface area contributed by atoms with Gasteiger partial charge in [-0.3, -0.25) is 14.2 Å². The lowest BCUT2D eigenvalue weighted by Crippen LogP contribution is -2.35. The van der Waals surface area contributed by atoms with Crippen LogP contribution in [0.1, 0.15) is 18.5 Å². The van der Waals surface area contributed by atoms with E-state index >= 15 is 0 Å². The fraction of sp³-hybridized carbons (Fsp3) is 0.0833. The zero-order valence-electron chi connectivity index (χ0n) is 16.8. The van der Waals surface area contributed by atoms with E-state index in [2.05, 4.69) is 15.5 Å². The van der Waals surface area contributed by atoms with Crippen molar-refractivity contribution in [3.05, 3.63) is 94.8 Å². The number of hydrazone groups is 1. The van der Waals surface area contributed by atoms with Gasteiger partial charge in [-0.1, -0.05) is 54.6 Å². The van der Waals surface area contributed by atoms with Crippen LogP contribution in [-0.4, -0.2) is 26.8 Å². The Morgan fingerprint density at radius 1 is 1.03 bits per heavy atom. The van der Waals surface area contributed by atoms with Gasteiger partial charge < -0.3 is 5.11 Å². The molecule has 1 aromatic heterocycles. The van der Waals surface area contributed by atoms with Crippen molar-refractivity contribution < 1.29 is 9.90 Å². The highest BCUT2D eigenvalue weighted by Crippen LogP contribution is 2.22. The molecule has 0 spiro atoms. The number of nitrogens with zero attached hydrogens (tertiary/aromatic N) is 3. The lowest BCUT2D eigenvalue weighted by molar-refractivity contribution is -0.123. The maximum atomic E-state index is 13.3. The van der Waals surface area contributed by atoms with Crippen molar-refractivity contribution >= 4 is 23.0 Å². The monoisotopic (exact) mass is 412 g/mol. The summed E-state index contributed by atoms with van der Waals surface area (Å²) < 4.78 is 1.38. The number of benzene rings is 3. The highest BCUT2D eigenvalue weighted by Gasteiger charge is 2.22. The molecule has 1 heterocycles. The van der Waals surface area contributed by atoms with Crippen LogP contribution in [0.2, 0.25) is 0 Å². The van der Waals surface area contributed by atoms with Gasteiger partial charge in [0.1, 0.15) is 17.6 Å². The van der Waals surface area contributed by atoms with Gasteiger partial charge in [-0.25, -0.2) is 10.4 Å². The van der Waals surface area contributed by atoms with Crippen molar-refractivity contribution in [3.63, 3.8) is 0 Å². The predicted octanol–water partition coefficient (Wildman–Crippen LogP) is 3.48. The highest BCUT2D eigenvalue weighted by atomic mass is 16.3. The topological polar surface area (TPSA) is 96.6 Å². The fourth-order valence-corrected chi connectivity index (χ4v) is 3.27. The van der Waals surface area contributed by atoms with Crippen LogP contribution in [-0.2, 0) is 4.79 Å². The second-order valence-corrected chi connectivity index (χ2v) is 6.96. The van der Waals surface area contributed by atoms with Crippen molar-refractivity contribution in [2.45, 2.75) is 13.0 Å². The number of para-hydroxylation sites is 2. The summed E-state index contributed by atoms with van der Waals surface area (Å²) in [5.41, 5.74) is 3.88. The first-order valence-corrected chi connectivity index (χ1v) is 9.74. The SMILES string of the molecule is C[C@H](C(=O)N/N=C/c1ccccc1O)n1c(-c2ccccc2)nc2ccccc2c1=O. The summed E-state index contributed by atoms with van der Waals surface area (Å²) in [5, 5.41) is 14.2. The molecule has 1 atom stereocenters. The minimum absolute atomic E-state index is 0.0508. The zero-order chi connectivity index (χ0) is 21.8. The molecule has 3 aromatic carbocycles. The Balaban J connectivity index is 1.72. The van der Waals surface area contributed by atoms with Crippen LogP contribution >= 0.6 is 0 Å². The molecular formula is C24H20N4O3. The van der Waals surface area contributed by atoms with Gasteiger partial charge in [-0.05, 0) is 31.2 Å². The summed E-state index contributed by atoms with van der Waals surface area (Å²) in [6, 6.07) is 22.1. The summed E-state index contributed by atoms with van der Waals surface area (Å²) in [5.74, 6) is -0.0328. The summed E-state index contributed by atoms with van der Waals surface area (Å²) in [7, 11) is 0. The smallest absolute Gasteiger partial charge is 0.263 e. The summed E-state index contributed by atoms with van der Waals surface area (Å²) in [6.07, 6.45) is 1.35. The molecular weight excluding hydrogens is 392 g/mol. The number of amides is 1. The van der Waals surface area contributed by atoms with E-state index in [-0.39, 0.29) is 11.3 Å². The van der Waals surface area contributed by atoms with E-state index in [9.17, 15) is 14.7 Å². The van der Waals surface area contributed by atoms with Crippen LogP contribution < -0.4 is 11.0 Å². The Morgan fingerprint density at radius 2 is 1.71 bits per heavy atom. The Bertz CT molecular complexity index is 1330. The molecule has 1 amide bonds. The number of fused-ring (bicyclic) bond motifs is 1. The molecule has 31 heavy (non-hydrogen) atoms. The average Bonchev–Trinajstić information content (AvgIpc) is 2.80. The molecule has 0 unspecified atom stereocenters. The van der Waals surface area contributed by atoms with Crippen LogP contribution in [0.3, 0.4) is 0 Å². The van der Waals surface area contributed by atoms with E-state index in [4.69, 9.17) is 0 Å². The van der Waals surface area contributed by atoms with Crippen molar-refractivity contribution in [1.82, 2.24) is 15.0 Å². The van der Waals surface area contributed by atoms with Crippen LogP contribution in [0.5, 0.6) is 5.75 Å². The number of carbonyl (C=O) groups is 1. The lowest BCUT2D eigenvalue weighted by atomic mass is 10.1. The number of carbonyl (C=O) groups excluding carboxylic acids is 1. The Hall–Kier alpha value is -4.26. The first kappa shape index (κ1) is 20.0. The summed E-state index contributed by atoms with van der Waals surface area (Å²) in [6.45, 7) is 1.62. The van der Waals surface area contributed by atoms with E-state index < -0.39 is 11.9 Å². The van der Waals surface area contributed by atoms with Crippen molar-refractivity contribution in [3.8, 4) is 17.1 Å². The Labute approximate surface area is 178 Å². The van der Waals surface area contributed by atoms with E-state index in [1.54, 1.807) is 43.3 Å². The van der Waals surface area contributed by atoms with E-state index in [1.165, 1.54) is 16.8 Å². The molecule has 0 aliphatic heterocycles. The maximum Gasteiger partial charge on any atom is 0.263 e. The molecule has 7 nitrogen and oxygen atoms in total. The molecule has 4 aromatic rings. The van der Waals surface area contributed by atoms with E-state index in [1.807, 2.05) is 36.4 Å². The first-order valence-electron chi connectivity index (χ1n) is 9.74. The van der Waals surface area contributed by atoms with Gasteiger partial charge in [0.2, 0.25) is 0 Å². The van der Waals surface area contributed by atoms with E-state index in [0.29, 0.717) is 22.3 Å². The third-order valence-electron chi connectivity index (χ3n) is 4.92. The highest BCUT2D eigenvalue weighted by molar-refractivity contribution is 5.87. The third kappa shape index (κ3) is 4.06. The molecule has 2 N–H and O–H groups in total. The fourth-order valence-electron chi connectivity index (χ4n) is 3.27. The number of aromatic hydroxyl groups is 1. The first-order chi connectivity index (χ1) is 15.1. The standard InChI is InChI=1S/C24H20N4O3/c1-16(23(30)27-25-15-18-11-5-8-14-21(18)29)28-22(17-9-3-2-4-10-17)26-20-13-7-6-12-19(20)24(28)31/h2-16,29H,1H3,(H,27,30)/b25-15+/t16-/m1/s1.